The van der Waals surface area contributed by atoms with Gasteiger partial charge in [-0.25, -0.2) is 0 Å². The summed E-state index contributed by atoms with van der Waals surface area (Å²) in [5, 5.41) is 11.3. The normalized spacial score (nSPS) is 20.7. The minimum absolute atomic E-state index is 0.308. The van der Waals surface area contributed by atoms with Crippen molar-refractivity contribution in [3.63, 3.8) is 0 Å². The maximum Gasteiger partial charge on any atom is 0.117 e. The monoisotopic (exact) mass is 536 g/mol. The largest absolute Gasteiger partial charge is 0.386 e. The SMILES string of the molecule is O[C@H]1C=C(COCc2ccccc2)[C@@H](OCc2ccccc2)[C@H](OCc2ccccc2)[C@H]1OCc1ccccc1. The fraction of sp³-hybridized carbons (Fsp3) is 0.257. The predicted octanol–water partition coefficient (Wildman–Crippen LogP) is 6.26. The molecule has 40 heavy (non-hydrogen) atoms. The first-order valence-corrected chi connectivity index (χ1v) is 13.7. The predicted molar refractivity (Wildman–Crippen MR) is 155 cm³/mol. The highest BCUT2D eigenvalue weighted by atomic mass is 16.6. The van der Waals surface area contributed by atoms with Crippen LogP contribution in [0.4, 0.5) is 0 Å². The molecule has 0 unspecified atom stereocenters. The lowest BCUT2D eigenvalue weighted by Crippen LogP contribution is -2.52. The molecule has 0 saturated heterocycles. The van der Waals surface area contributed by atoms with Crippen LogP contribution < -0.4 is 0 Å². The highest BCUT2D eigenvalue weighted by Crippen LogP contribution is 2.30. The van der Waals surface area contributed by atoms with Gasteiger partial charge >= 0.3 is 0 Å². The summed E-state index contributed by atoms with van der Waals surface area (Å²) in [5.41, 5.74) is 5.05. The van der Waals surface area contributed by atoms with Gasteiger partial charge in [-0.05, 0) is 33.9 Å². The third-order valence-electron chi connectivity index (χ3n) is 6.93. The second-order valence-corrected chi connectivity index (χ2v) is 9.95. The molecule has 0 fully saturated rings. The molecule has 4 atom stereocenters. The van der Waals surface area contributed by atoms with Gasteiger partial charge in [0.15, 0.2) is 0 Å². The van der Waals surface area contributed by atoms with E-state index in [9.17, 15) is 5.11 Å². The van der Waals surface area contributed by atoms with Crippen LogP contribution in [0.3, 0.4) is 0 Å². The molecule has 0 aromatic heterocycles. The van der Waals surface area contributed by atoms with Crippen LogP contribution in [0.2, 0.25) is 0 Å². The molecular weight excluding hydrogens is 500 g/mol. The Hall–Kier alpha value is -3.58. The number of hydrogen-bond donors (Lipinski definition) is 1. The van der Waals surface area contributed by atoms with Crippen LogP contribution >= 0.6 is 0 Å². The van der Waals surface area contributed by atoms with Crippen molar-refractivity contribution in [3.05, 3.63) is 155 Å². The molecule has 206 valence electrons. The van der Waals surface area contributed by atoms with E-state index in [-0.39, 0.29) is 0 Å². The summed E-state index contributed by atoms with van der Waals surface area (Å²) < 4.78 is 25.5. The number of benzene rings is 4. The van der Waals surface area contributed by atoms with Crippen molar-refractivity contribution < 1.29 is 24.1 Å². The van der Waals surface area contributed by atoms with Crippen LogP contribution in [0.5, 0.6) is 0 Å². The Morgan fingerprint density at radius 1 is 0.450 bits per heavy atom. The summed E-state index contributed by atoms with van der Waals surface area (Å²) >= 11 is 0. The average molecular weight is 537 g/mol. The fourth-order valence-corrected chi connectivity index (χ4v) is 4.85. The number of aliphatic hydroxyl groups is 1. The van der Waals surface area contributed by atoms with Crippen LogP contribution in [0, 0.1) is 0 Å². The lowest BCUT2D eigenvalue weighted by Gasteiger charge is -2.40. The number of aliphatic hydroxyl groups excluding tert-OH is 1. The van der Waals surface area contributed by atoms with Gasteiger partial charge in [0.1, 0.15) is 24.4 Å². The Labute approximate surface area is 236 Å². The smallest absolute Gasteiger partial charge is 0.117 e. The Balaban J connectivity index is 1.38. The molecular formula is C35H36O5. The van der Waals surface area contributed by atoms with Crippen LogP contribution in [0.1, 0.15) is 22.3 Å². The molecule has 1 aliphatic rings. The molecule has 1 N–H and O–H groups in total. The maximum absolute atomic E-state index is 11.3. The molecule has 4 aromatic carbocycles. The van der Waals surface area contributed by atoms with Crippen molar-refractivity contribution in [1.82, 2.24) is 0 Å². The second-order valence-electron chi connectivity index (χ2n) is 9.95. The zero-order chi connectivity index (χ0) is 27.4. The minimum atomic E-state index is -0.878. The van der Waals surface area contributed by atoms with Gasteiger partial charge in [0, 0.05) is 0 Å². The van der Waals surface area contributed by atoms with Crippen molar-refractivity contribution >= 4 is 0 Å². The first-order chi connectivity index (χ1) is 19.8. The van der Waals surface area contributed by atoms with E-state index >= 15 is 0 Å². The molecule has 0 radical (unpaired) electrons. The molecule has 0 amide bonds. The van der Waals surface area contributed by atoms with Gasteiger partial charge in [0.05, 0.1) is 33.0 Å². The third-order valence-corrected chi connectivity index (χ3v) is 6.93. The van der Waals surface area contributed by atoms with E-state index in [2.05, 4.69) is 0 Å². The summed E-state index contributed by atoms with van der Waals surface area (Å²) in [7, 11) is 0. The van der Waals surface area contributed by atoms with Gasteiger partial charge in [-0.3, -0.25) is 0 Å². The summed E-state index contributed by atoms with van der Waals surface area (Å²) in [6.07, 6.45) is -0.704. The zero-order valence-corrected chi connectivity index (χ0v) is 22.5. The van der Waals surface area contributed by atoms with Crippen molar-refractivity contribution in [2.75, 3.05) is 6.61 Å². The van der Waals surface area contributed by atoms with E-state index in [0.29, 0.717) is 33.0 Å². The first-order valence-electron chi connectivity index (χ1n) is 13.7. The average Bonchev–Trinajstić information content (AvgIpc) is 3.01. The molecule has 4 aromatic rings. The lowest BCUT2D eigenvalue weighted by molar-refractivity contribution is -0.173. The quantitative estimate of drug-likeness (QED) is 0.204. The molecule has 0 bridgehead atoms. The molecule has 0 heterocycles. The lowest BCUT2D eigenvalue weighted by atomic mass is 9.89. The van der Waals surface area contributed by atoms with Crippen molar-refractivity contribution in [2.45, 2.75) is 50.8 Å². The van der Waals surface area contributed by atoms with Gasteiger partial charge in [0.25, 0.3) is 0 Å². The highest BCUT2D eigenvalue weighted by Gasteiger charge is 2.42. The Morgan fingerprint density at radius 2 is 0.850 bits per heavy atom. The summed E-state index contributed by atoms with van der Waals surface area (Å²) in [6, 6.07) is 40.1. The van der Waals surface area contributed by atoms with Gasteiger partial charge in [-0.15, -0.1) is 0 Å². The Kier molecular flexibility index (Phi) is 10.3. The van der Waals surface area contributed by atoms with Gasteiger partial charge in [0.2, 0.25) is 0 Å². The Morgan fingerprint density at radius 3 is 1.32 bits per heavy atom. The molecule has 0 spiro atoms. The van der Waals surface area contributed by atoms with Crippen LogP contribution in [0.15, 0.2) is 133 Å². The molecule has 5 nitrogen and oxygen atoms in total. The topological polar surface area (TPSA) is 57.2 Å². The first kappa shape index (κ1) is 28.0. The molecule has 1 aliphatic carbocycles. The number of ether oxygens (including phenoxy) is 4. The van der Waals surface area contributed by atoms with Crippen LogP contribution in [0.25, 0.3) is 0 Å². The standard InChI is InChI=1S/C35H36O5/c36-32-21-31(26-37-22-27-13-5-1-6-14-27)33(38-23-28-15-7-2-8-16-28)35(40-25-30-19-11-4-12-20-30)34(32)39-24-29-17-9-3-10-18-29/h1-21,32-36H,22-26H2/t32-,33+,34-,35-/m0/s1. The van der Waals surface area contributed by atoms with Crippen molar-refractivity contribution in [2.24, 2.45) is 0 Å². The van der Waals surface area contributed by atoms with E-state index in [4.69, 9.17) is 18.9 Å². The summed E-state index contributed by atoms with van der Waals surface area (Å²) in [5.74, 6) is 0. The fourth-order valence-electron chi connectivity index (χ4n) is 4.85. The van der Waals surface area contributed by atoms with E-state index in [1.165, 1.54) is 0 Å². The van der Waals surface area contributed by atoms with Crippen molar-refractivity contribution in [1.29, 1.82) is 0 Å². The molecule has 0 saturated carbocycles. The van der Waals surface area contributed by atoms with Gasteiger partial charge < -0.3 is 24.1 Å². The summed E-state index contributed by atoms with van der Waals surface area (Å²) in [6.45, 7) is 1.89. The maximum atomic E-state index is 11.3. The third kappa shape index (κ3) is 7.98. The van der Waals surface area contributed by atoms with Crippen molar-refractivity contribution in [3.8, 4) is 0 Å². The molecule has 5 rings (SSSR count). The van der Waals surface area contributed by atoms with E-state index in [1.54, 1.807) is 0 Å². The second kappa shape index (κ2) is 14.7. The van der Waals surface area contributed by atoms with Crippen LogP contribution in [-0.4, -0.2) is 36.1 Å². The summed E-state index contributed by atoms with van der Waals surface area (Å²) in [4.78, 5) is 0. The Bertz CT molecular complexity index is 1290. The van der Waals surface area contributed by atoms with Gasteiger partial charge in [-0.2, -0.15) is 0 Å². The number of rotatable bonds is 13. The molecule has 5 heteroatoms. The van der Waals surface area contributed by atoms with Crippen LogP contribution in [-0.2, 0) is 45.4 Å². The highest BCUT2D eigenvalue weighted by molar-refractivity contribution is 5.24. The van der Waals surface area contributed by atoms with E-state index < -0.39 is 24.4 Å². The minimum Gasteiger partial charge on any atom is -0.386 e. The zero-order valence-electron chi connectivity index (χ0n) is 22.5. The van der Waals surface area contributed by atoms with Gasteiger partial charge in [-0.1, -0.05) is 121 Å². The molecule has 0 aliphatic heterocycles. The number of hydrogen-bond acceptors (Lipinski definition) is 5. The van der Waals surface area contributed by atoms with E-state index in [0.717, 1.165) is 27.8 Å². The van der Waals surface area contributed by atoms with E-state index in [1.807, 2.05) is 127 Å².